The number of hydrogen-bond acceptors (Lipinski definition) is 7. The minimum Gasteiger partial charge on any atom is -0.386 e. The molecule has 2 aliphatic rings. The maximum absolute atomic E-state index is 13.4. The number of ether oxygens (including phenoxy) is 4. The van der Waals surface area contributed by atoms with Gasteiger partial charge in [-0.05, 0) is 12.1 Å². The molecule has 2 saturated heterocycles. The lowest BCUT2D eigenvalue weighted by Crippen LogP contribution is -2.64. The molecule has 2 aromatic rings. The summed E-state index contributed by atoms with van der Waals surface area (Å²) in [5, 5.41) is 9.52. The van der Waals surface area contributed by atoms with Gasteiger partial charge in [0.25, 0.3) is 0 Å². The zero-order valence-electron chi connectivity index (χ0n) is 15.2. The van der Waals surface area contributed by atoms with Gasteiger partial charge in [0.15, 0.2) is 22.4 Å². The molecule has 2 aliphatic heterocycles. The first-order valence-corrected chi connectivity index (χ1v) is 10.5. The van der Waals surface area contributed by atoms with Crippen molar-refractivity contribution in [2.75, 3.05) is 13.7 Å². The van der Waals surface area contributed by atoms with E-state index in [9.17, 15) is 13.5 Å². The zero-order chi connectivity index (χ0) is 19.7. The quantitative estimate of drug-likeness (QED) is 0.826. The molecule has 0 aromatic heterocycles. The molecule has 2 fully saturated rings. The number of aliphatic hydroxyl groups is 1. The Morgan fingerprint density at radius 3 is 2.29 bits per heavy atom. The first kappa shape index (κ1) is 19.5. The number of rotatable bonds is 4. The second-order valence-electron chi connectivity index (χ2n) is 6.77. The van der Waals surface area contributed by atoms with Crippen molar-refractivity contribution in [3.8, 4) is 0 Å². The first-order chi connectivity index (χ1) is 13.5. The highest BCUT2D eigenvalue weighted by Crippen LogP contribution is 2.38. The van der Waals surface area contributed by atoms with Crippen molar-refractivity contribution in [1.82, 2.24) is 0 Å². The molecule has 2 heterocycles. The predicted molar refractivity (Wildman–Crippen MR) is 99.1 cm³/mol. The minimum atomic E-state index is -3.92. The molecule has 2 aromatic carbocycles. The minimum absolute atomic E-state index is 0.112. The van der Waals surface area contributed by atoms with Crippen molar-refractivity contribution in [2.24, 2.45) is 0 Å². The van der Waals surface area contributed by atoms with Crippen LogP contribution in [0, 0.1) is 0 Å². The van der Waals surface area contributed by atoms with Crippen LogP contribution in [0.3, 0.4) is 0 Å². The van der Waals surface area contributed by atoms with E-state index in [0.29, 0.717) is 0 Å². The van der Waals surface area contributed by atoms with Crippen LogP contribution in [0.5, 0.6) is 0 Å². The number of sulfone groups is 1. The molecule has 0 aliphatic carbocycles. The summed E-state index contributed by atoms with van der Waals surface area (Å²) in [5.41, 5.74) is 0.764. The fourth-order valence-electron chi connectivity index (χ4n) is 3.66. The van der Waals surface area contributed by atoms with E-state index in [1.165, 1.54) is 19.2 Å². The van der Waals surface area contributed by atoms with Gasteiger partial charge in [0.1, 0.15) is 23.6 Å². The van der Waals surface area contributed by atoms with Gasteiger partial charge in [-0.2, -0.15) is 0 Å². The highest BCUT2D eigenvalue weighted by Gasteiger charge is 2.55. The van der Waals surface area contributed by atoms with Crippen LogP contribution in [-0.4, -0.2) is 57.1 Å². The molecule has 0 radical (unpaired) electrons. The van der Waals surface area contributed by atoms with Gasteiger partial charge < -0.3 is 24.1 Å². The highest BCUT2D eigenvalue weighted by molar-refractivity contribution is 7.92. The summed E-state index contributed by atoms with van der Waals surface area (Å²) in [6, 6.07) is 17.3. The number of fused-ring (bicyclic) bond motifs is 1. The molecule has 150 valence electrons. The second kappa shape index (κ2) is 7.90. The van der Waals surface area contributed by atoms with E-state index in [2.05, 4.69) is 0 Å². The zero-order valence-corrected chi connectivity index (χ0v) is 16.1. The molecule has 6 atom stereocenters. The van der Waals surface area contributed by atoms with Gasteiger partial charge in [-0.1, -0.05) is 48.5 Å². The normalized spacial score (nSPS) is 33.2. The lowest BCUT2D eigenvalue weighted by Gasteiger charge is -2.47. The Morgan fingerprint density at radius 2 is 1.64 bits per heavy atom. The SMILES string of the molecule is CO[C@@H]1O[C@@H]2CO[C@@H](c3ccccc3)O[C@H]2[C@H](S(=O)(=O)c2ccccc2)[C@H]1O. The molecule has 0 bridgehead atoms. The lowest BCUT2D eigenvalue weighted by atomic mass is 10.0. The number of benzene rings is 2. The van der Waals surface area contributed by atoms with E-state index in [0.717, 1.165) is 5.56 Å². The summed E-state index contributed by atoms with van der Waals surface area (Å²) in [6.45, 7) is 0.123. The van der Waals surface area contributed by atoms with E-state index < -0.39 is 46.0 Å². The van der Waals surface area contributed by atoms with Crippen molar-refractivity contribution in [2.45, 2.75) is 41.0 Å². The van der Waals surface area contributed by atoms with Crippen LogP contribution in [0.4, 0.5) is 0 Å². The first-order valence-electron chi connectivity index (χ1n) is 8.99. The summed E-state index contributed by atoms with van der Waals surface area (Å²) in [6.07, 6.45) is -4.84. The molecule has 0 amide bonds. The number of methoxy groups -OCH3 is 1. The summed E-state index contributed by atoms with van der Waals surface area (Å²) in [5.74, 6) is 0. The van der Waals surface area contributed by atoms with Gasteiger partial charge in [0.05, 0.1) is 11.5 Å². The lowest BCUT2D eigenvalue weighted by molar-refractivity contribution is -0.331. The van der Waals surface area contributed by atoms with Gasteiger partial charge in [-0.15, -0.1) is 0 Å². The largest absolute Gasteiger partial charge is 0.386 e. The molecule has 4 rings (SSSR count). The fourth-order valence-corrected chi connectivity index (χ4v) is 5.60. The van der Waals surface area contributed by atoms with E-state index in [1.807, 2.05) is 30.3 Å². The maximum Gasteiger partial charge on any atom is 0.186 e. The van der Waals surface area contributed by atoms with E-state index >= 15 is 0 Å². The van der Waals surface area contributed by atoms with Crippen molar-refractivity contribution >= 4 is 9.84 Å². The summed E-state index contributed by atoms with van der Waals surface area (Å²) in [7, 11) is -2.56. The number of aliphatic hydroxyl groups excluding tert-OH is 1. The molecule has 0 saturated carbocycles. The average Bonchev–Trinajstić information content (AvgIpc) is 2.74. The van der Waals surface area contributed by atoms with Crippen LogP contribution in [0.1, 0.15) is 11.9 Å². The van der Waals surface area contributed by atoms with Crippen molar-refractivity contribution < 1.29 is 32.5 Å². The van der Waals surface area contributed by atoms with Crippen molar-refractivity contribution in [1.29, 1.82) is 0 Å². The molecule has 7 nitrogen and oxygen atoms in total. The van der Waals surface area contributed by atoms with Crippen LogP contribution >= 0.6 is 0 Å². The molecular formula is C20H22O7S. The van der Waals surface area contributed by atoms with Crippen LogP contribution in [-0.2, 0) is 28.8 Å². The Morgan fingerprint density at radius 1 is 1.00 bits per heavy atom. The standard InChI is InChI=1S/C20H22O7S/c1-24-20-16(21)18(28(22,23)14-10-6-3-7-11-14)17-15(26-20)12-25-19(27-17)13-8-4-2-5-9-13/h2-11,15-21H,12H2,1H3/t15-,16-,17-,18-,19-,20-/m1/s1. The van der Waals surface area contributed by atoms with Crippen molar-refractivity contribution in [3.63, 3.8) is 0 Å². The van der Waals surface area contributed by atoms with Crippen LogP contribution < -0.4 is 0 Å². The Labute approximate surface area is 163 Å². The Balaban J connectivity index is 1.71. The second-order valence-corrected chi connectivity index (χ2v) is 8.87. The topological polar surface area (TPSA) is 91.3 Å². The highest BCUT2D eigenvalue weighted by atomic mass is 32.2. The Kier molecular flexibility index (Phi) is 5.50. The monoisotopic (exact) mass is 406 g/mol. The summed E-state index contributed by atoms with van der Waals surface area (Å²) in [4.78, 5) is 0.112. The summed E-state index contributed by atoms with van der Waals surface area (Å²) >= 11 is 0. The molecule has 0 unspecified atom stereocenters. The predicted octanol–water partition coefficient (Wildman–Crippen LogP) is 1.68. The van der Waals surface area contributed by atoms with Crippen molar-refractivity contribution in [3.05, 3.63) is 66.2 Å². The molecular weight excluding hydrogens is 384 g/mol. The average molecular weight is 406 g/mol. The summed E-state index contributed by atoms with van der Waals surface area (Å²) < 4.78 is 49.4. The van der Waals surface area contributed by atoms with Crippen LogP contribution in [0.15, 0.2) is 65.6 Å². The third kappa shape index (κ3) is 3.47. The Bertz CT molecular complexity index is 887. The van der Waals surface area contributed by atoms with E-state index in [-0.39, 0.29) is 11.5 Å². The van der Waals surface area contributed by atoms with Gasteiger partial charge in [0, 0.05) is 12.7 Å². The van der Waals surface area contributed by atoms with Crippen LogP contribution in [0.2, 0.25) is 0 Å². The van der Waals surface area contributed by atoms with E-state index in [4.69, 9.17) is 18.9 Å². The van der Waals surface area contributed by atoms with Gasteiger partial charge in [-0.3, -0.25) is 0 Å². The van der Waals surface area contributed by atoms with Gasteiger partial charge in [-0.25, -0.2) is 8.42 Å². The maximum atomic E-state index is 13.4. The third-order valence-electron chi connectivity index (χ3n) is 5.04. The molecule has 1 N–H and O–H groups in total. The Hall–Kier alpha value is -1.81. The fraction of sp³-hybridized carbons (Fsp3) is 0.400. The van der Waals surface area contributed by atoms with Gasteiger partial charge in [0.2, 0.25) is 0 Å². The third-order valence-corrected chi connectivity index (χ3v) is 7.23. The van der Waals surface area contributed by atoms with Crippen LogP contribution in [0.25, 0.3) is 0 Å². The number of hydrogen-bond donors (Lipinski definition) is 1. The van der Waals surface area contributed by atoms with Gasteiger partial charge >= 0.3 is 0 Å². The smallest absolute Gasteiger partial charge is 0.186 e. The van der Waals surface area contributed by atoms with E-state index in [1.54, 1.807) is 18.2 Å². The molecule has 0 spiro atoms. The molecule has 8 heteroatoms. The molecule has 28 heavy (non-hydrogen) atoms.